The van der Waals surface area contributed by atoms with Gasteiger partial charge in [-0.25, -0.2) is 13.8 Å². The Bertz CT molecular complexity index is 870. The maximum Gasteiger partial charge on any atom is 0.249 e. The molecule has 29 heavy (non-hydrogen) atoms. The fraction of sp³-hybridized carbons (Fsp3) is 0.545. The van der Waals surface area contributed by atoms with Crippen LogP contribution in [0.5, 0.6) is 0 Å². The van der Waals surface area contributed by atoms with Crippen LogP contribution in [0, 0.1) is 37.3 Å². The van der Waals surface area contributed by atoms with E-state index in [1.54, 1.807) is 0 Å². The van der Waals surface area contributed by atoms with Crippen LogP contribution in [-0.2, 0) is 16.2 Å². The summed E-state index contributed by atoms with van der Waals surface area (Å²) in [5, 5.41) is 5.90. The topological polar surface area (TPSA) is 47.4 Å². The van der Waals surface area contributed by atoms with Crippen LogP contribution in [0.15, 0.2) is 24.3 Å². The average Bonchev–Trinajstić information content (AvgIpc) is 3.27. The first-order valence-corrected chi connectivity index (χ1v) is 10.3. The predicted molar refractivity (Wildman–Crippen MR) is 104 cm³/mol. The maximum atomic E-state index is 13.6. The van der Waals surface area contributed by atoms with Crippen LogP contribution in [0.4, 0.5) is 8.78 Å². The summed E-state index contributed by atoms with van der Waals surface area (Å²) < 4.78 is 29.3. The number of hydroxylamine groups is 2. The Hall–Kier alpha value is -2.28. The average molecular weight is 403 g/mol. The van der Waals surface area contributed by atoms with E-state index in [1.165, 1.54) is 17.2 Å². The Balaban J connectivity index is 1.38. The minimum absolute atomic E-state index is 0.0678. The van der Waals surface area contributed by atoms with E-state index in [2.05, 4.69) is 22.8 Å². The van der Waals surface area contributed by atoms with Crippen molar-refractivity contribution in [1.82, 2.24) is 14.8 Å². The van der Waals surface area contributed by atoms with Crippen molar-refractivity contribution in [1.29, 1.82) is 0 Å². The number of benzene rings is 1. The molecule has 1 aliphatic heterocycles. The van der Waals surface area contributed by atoms with Crippen molar-refractivity contribution < 1.29 is 18.4 Å². The van der Waals surface area contributed by atoms with E-state index in [0.717, 1.165) is 49.7 Å². The Labute approximate surface area is 169 Å². The Kier molecular flexibility index (Phi) is 5.67. The van der Waals surface area contributed by atoms with Gasteiger partial charge in [-0.15, -0.1) is 0 Å². The van der Waals surface area contributed by atoms with E-state index in [-0.39, 0.29) is 11.8 Å². The summed E-state index contributed by atoms with van der Waals surface area (Å²) in [6, 6.07) is 5.06. The Morgan fingerprint density at radius 3 is 2.38 bits per heavy atom. The lowest BCUT2D eigenvalue weighted by molar-refractivity contribution is -0.183. The number of hydrogen-bond donors (Lipinski definition) is 0. The molecule has 1 atom stereocenters. The van der Waals surface area contributed by atoms with Crippen molar-refractivity contribution in [2.75, 3.05) is 6.61 Å². The second-order valence-corrected chi connectivity index (χ2v) is 8.33. The molecule has 0 bridgehead atoms. The molecule has 5 nitrogen and oxygen atoms in total. The van der Waals surface area contributed by atoms with E-state index in [1.807, 2.05) is 6.92 Å². The predicted octanol–water partition coefficient (Wildman–Crippen LogP) is 4.49. The van der Waals surface area contributed by atoms with Crippen LogP contribution in [0.3, 0.4) is 0 Å². The second kappa shape index (κ2) is 8.22. The first-order valence-electron chi connectivity index (χ1n) is 10.3. The van der Waals surface area contributed by atoms with Crippen LogP contribution in [0.1, 0.15) is 55.1 Å². The SMILES string of the molecule is Cc1cc(C)n(CC2CCC(C(=O)N3OCC[C@H]3c3cc(F)cc(F)c3)CC2)n1. The van der Waals surface area contributed by atoms with Gasteiger partial charge in [-0.1, -0.05) is 0 Å². The van der Waals surface area contributed by atoms with Gasteiger partial charge in [-0.05, 0) is 69.2 Å². The highest BCUT2D eigenvalue weighted by atomic mass is 19.1. The summed E-state index contributed by atoms with van der Waals surface area (Å²) in [5.41, 5.74) is 2.64. The van der Waals surface area contributed by atoms with Crippen molar-refractivity contribution in [2.24, 2.45) is 11.8 Å². The number of halogens is 2. The van der Waals surface area contributed by atoms with E-state index in [9.17, 15) is 13.6 Å². The quantitative estimate of drug-likeness (QED) is 0.756. The smallest absolute Gasteiger partial charge is 0.249 e. The second-order valence-electron chi connectivity index (χ2n) is 8.33. The van der Waals surface area contributed by atoms with Gasteiger partial charge in [0.05, 0.1) is 18.3 Å². The van der Waals surface area contributed by atoms with Crippen molar-refractivity contribution in [2.45, 2.75) is 58.5 Å². The summed E-state index contributed by atoms with van der Waals surface area (Å²) in [4.78, 5) is 18.7. The Morgan fingerprint density at radius 2 is 1.76 bits per heavy atom. The van der Waals surface area contributed by atoms with E-state index >= 15 is 0 Å². The number of rotatable bonds is 4. The van der Waals surface area contributed by atoms with Gasteiger partial charge in [0.1, 0.15) is 11.6 Å². The van der Waals surface area contributed by atoms with Gasteiger partial charge in [0.15, 0.2) is 0 Å². The molecule has 2 heterocycles. The molecule has 1 amide bonds. The molecule has 2 aromatic rings. The highest BCUT2D eigenvalue weighted by molar-refractivity contribution is 5.78. The molecule has 1 saturated carbocycles. The zero-order valence-corrected chi connectivity index (χ0v) is 16.9. The van der Waals surface area contributed by atoms with Crippen LogP contribution in [0.2, 0.25) is 0 Å². The minimum Gasteiger partial charge on any atom is -0.272 e. The monoisotopic (exact) mass is 403 g/mol. The molecule has 1 saturated heterocycles. The van der Waals surface area contributed by atoms with Gasteiger partial charge >= 0.3 is 0 Å². The molecule has 0 unspecified atom stereocenters. The van der Waals surface area contributed by atoms with Gasteiger partial charge in [-0.3, -0.25) is 14.3 Å². The molecular formula is C22H27F2N3O2. The molecule has 0 spiro atoms. The Morgan fingerprint density at radius 1 is 1.07 bits per heavy atom. The first-order chi connectivity index (χ1) is 13.9. The molecule has 4 rings (SSSR count). The molecular weight excluding hydrogens is 376 g/mol. The van der Waals surface area contributed by atoms with Crippen LogP contribution in [-0.4, -0.2) is 27.4 Å². The normalized spacial score (nSPS) is 24.8. The number of carbonyl (C=O) groups is 1. The number of carbonyl (C=O) groups excluding carboxylic acids is 1. The van der Waals surface area contributed by atoms with Crippen molar-refractivity contribution >= 4 is 5.91 Å². The van der Waals surface area contributed by atoms with Crippen LogP contribution < -0.4 is 0 Å². The number of nitrogens with zero attached hydrogens (tertiary/aromatic N) is 3. The summed E-state index contributed by atoms with van der Waals surface area (Å²) in [6.07, 6.45) is 4.06. The van der Waals surface area contributed by atoms with Crippen molar-refractivity contribution in [3.8, 4) is 0 Å². The summed E-state index contributed by atoms with van der Waals surface area (Å²) in [6.45, 7) is 5.32. The lowest BCUT2D eigenvalue weighted by atomic mass is 9.81. The van der Waals surface area contributed by atoms with Crippen LogP contribution in [0.25, 0.3) is 0 Å². The molecule has 0 N–H and O–H groups in total. The maximum absolute atomic E-state index is 13.6. The number of amides is 1. The van der Waals surface area contributed by atoms with E-state index in [0.29, 0.717) is 24.5 Å². The third-order valence-corrected chi connectivity index (χ3v) is 6.12. The fourth-order valence-corrected chi connectivity index (χ4v) is 4.63. The first kappa shape index (κ1) is 20.0. The molecule has 2 aliphatic rings. The lowest BCUT2D eigenvalue weighted by Crippen LogP contribution is -2.37. The highest BCUT2D eigenvalue weighted by Crippen LogP contribution is 2.37. The molecule has 1 aliphatic carbocycles. The number of aromatic nitrogens is 2. The zero-order chi connectivity index (χ0) is 20.5. The third kappa shape index (κ3) is 4.34. The van der Waals surface area contributed by atoms with E-state index < -0.39 is 17.7 Å². The summed E-state index contributed by atoms with van der Waals surface area (Å²) >= 11 is 0. The van der Waals surface area contributed by atoms with E-state index in [4.69, 9.17) is 4.84 Å². The van der Waals surface area contributed by atoms with Crippen molar-refractivity contribution in [3.05, 3.63) is 52.9 Å². The number of hydrogen-bond acceptors (Lipinski definition) is 3. The largest absolute Gasteiger partial charge is 0.272 e. The standard InChI is InChI=1S/C22H27F2N3O2/c1-14-9-15(2)26(25-14)13-16-3-5-17(6-4-16)22(28)27-21(7-8-29-27)18-10-19(23)12-20(24)11-18/h9-12,16-17,21H,3-8,13H2,1-2H3/t16?,17?,21-/m0/s1. The molecule has 1 aromatic heterocycles. The number of aryl methyl sites for hydroxylation is 2. The zero-order valence-electron chi connectivity index (χ0n) is 16.9. The molecule has 156 valence electrons. The summed E-state index contributed by atoms with van der Waals surface area (Å²) in [5.74, 6) is -0.940. The molecule has 7 heteroatoms. The van der Waals surface area contributed by atoms with Gasteiger partial charge in [0.2, 0.25) is 5.91 Å². The lowest BCUT2D eigenvalue weighted by Gasteiger charge is -2.32. The van der Waals surface area contributed by atoms with Crippen LogP contribution >= 0.6 is 0 Å². The highest BCUT2D eigenvalue weighted by Gasteiger charge is 2.37. The third-order valence-electron chi connectivity index (χ3n) is 6.12. The van der Waals surface area contributed by atoms with Crippen molar-refractivity contribution in [3.63, 3.8) is 0 Å². The van der Waals surface area contributed by atoms with Gasteiger partial charge in [0.25, 0.3) is 0 Å². The molecule has 0 radical (unpaired) electrons. The fourth-order valence-electron chi connectivity index (χ4n) is 4.63. The van der Waals surface area contributed by atoms with Gasteiger partial charge in [-0.2, -0.15) is 5.10 Å². The molecule has 2 fully saturated rings. The summed E-state index contributed by atoms with van der Waals surface area (Å²) in [7, 11) is 0. The van der Waals surface area contributed by atoms with Gasteiger partial charge in [0, 0.05) is 30.6 Å². The molecule has 1 aromatic carbocycles. The van der Waals surface area contributed by atoms with Gasteiger partial charge < -0.3 is 0 Å². The minimum atomic E-state index is -0.635.